The topological polar surface area (TPSA) is 49.7 Å². The molecule has 3 rings (SSSR count). The molecule has 3 aliphatic carbocycles. The van der Waals surface area contributed by atoms with E-state index in [-0.39, 0.29) is 23.7 Å². The first-order valence-corrected chi connectivity index (χ1v) is 14.7. The molecule has 3 fully saturated rings. The van der Waals surface area contributed by atoms with Gasteiger partial charge in [0.25, 0.3) is 0 Å². The molecule has 0 unspecified atom stereocenters. The fourth-order valence-electron chi connectivity index (χ4n) is 9.05. The minimum Gasteiger partial charge on any atom is -0.396 e. The summed E-state index contributed by atoms with van der Waals surface area (Å²) in [4.78, 5) is 0. The average molecular weight is 479 g/mol. The van der Waals surface area contributed by atoms with Crippen LogP contribution >= 0.6 is 0 Å². The van der Waals surface area contributed by atoms with E-state index in [0.29, 0.717) is 29.6 Å². The van der Waals surface area contributed by atoms with Crippen molar-refractivity contribution in [1.29, 1.82) is 0 Å². The molecule has 0 bridgehead atoms. The van der Waals surface area contributed by atoms with Crippen LogP contribution in [0, 0.1) is 46.3 Å². The fourth-order valence-corrected chi connectivity index (χ4v) is 9.05. The first kappa shape index (κ1) is 28.5. The van der Waals surface area contributed by atoms with Crippen molar-refractivity contribution in [3.05, 3.63) is 0 Å². The highest BCUT2D eigenvalue weighted by Crippen LogP contribution is 2.65. The van der Waals surface area contributed by atoms with Crippen molar-refractivity contribution in [3.8, 4) is 0 Å². The van der Waals surface area contributed by atoms with Crippen LogP contribution in [-0.2, 0) is 4.74 Å². The molecule has 34 heavy (non-hydrogen) atoms. The molecule has 0 aromatic rings. The summed E-state index contributed by atoms with van der Waals surface area (Å²) >= 11 is 0. The zero-order valence-electron chi connectivity index (χ0n) is 24.1. The number of fused-ring (bicyclic) bond motifs is 1. The Balaban J connectivity index is 1.75. The van der Waals surface area contributed by atoms with Crippen LogP contribution in [0.4, 0.5) is 0 Å². The van der Waals surface area contributed by atoms with Gasteiger partial charge in [-0.2, -0.15) is 0 Å². The SMILES string of the molecule is CC(C)CCC[C@H](C)[C@@H]1CC[C@@H]2[C@H](CO)[C@H]([C@]3(C)CC[C@H](OC(C)(C)C)C[C@]3(C)O)CC[C@]21C. The molecule has 0 radical (unpaired) electrons. The van der Waals surface area contributed by atoms with Gasteiger partial charge in [0.1, 0.15) is 0 Å². The highest BCUT2D eigenvalue weighted by Gasteiger charge is 2.61. The number of rotatable bonds is 8. The standard InChI is InChI=1S/C31H58O3/c1-21(2)11-10-12-22(3)25-13-14-26-24(20-32)27(16-17-29(25,26)7)30(8)18-15-23(19-31(30,9)33)34-28(4,5)6/h21-27,32-33H,10-20H2,1-9H3/t22-,23-,24-,25-,26+,27+,29-,30-,31-/m0/s1. The van der Waals surface area contributed by atoms with Crippen LogP contribution in [0.25, 0.3) is 0 Å². The summed E-state index contributed by atoms with van der Waals surface area (Å²) in [5, 5.41) is 22.6. The Hall–Kier alpha value is -0.120. The van der Waals surface area contributed by atoms with Crippen molar-refractivity contribution in [1.82, 2.24) is 0 Å². The number of ether oxygens (including phenoxy) is 1. The van der Waals surface area contributed by atoms with E-state index >= 15 is 0 Å². The van der Waals surface area contributed by atoms with E-state index in [9.17, 15) is 10.2 Å². The van der Waals surface area contributed by atoms with Gasteiger partial charge in [0, 0.05) is 13.0 Å². The summed E-state index contributed by atoms with van der Waals surface area (Å²) in [5.74, 6) is 3.63. The van der Waals surface area contributed by atoms with Crippen molar-refractivity contribution < 1.29 is 14.9 Å². The number of hydrogen-bond donors (Lipinski definition) is 2. The highest BCUT2D eigenvalue weighted by atomic mass is 16.5. The molecule has 200 valence electrons. The van der Waals surface area contributed by atoms with E-state index in [1.165, 1.54) is 38.5 Å². The monoisotopic (exact) mass is 478 g/mol. The van der Waals surface area contributed by atoms with Gasteiger partial charge in [-0.15, -0.1) is 0 Å². The molecule has 0 aromatic heterocycles. The van der Waals surface area contributed by atoms with Crippen LogP contribution in [0.15, 0.2) is 0 Å². The van der Waals surface area contributed by atoms with Crippen molar-refractivity contribution in [2.24, 2.45) is 46.3 Å². The molecular formula is C31H58O3. The highest BCUT2D eigenvalue weighted by molar-refractivity contribution is 5.10. The summed E-state index contributed by atoms with van der Waals surface area (Å²) in [5.41, 5.74) is -0.773. The van der Waals surface area contributed by atoms with Gasteiger partial charge in [-0.05, 0) is 113 Å². The number of hydrogen-bond acceptors (Lipinski definition) is 3. The van der Waals surface area contributed by atoms with E-state index < -0.39 is 5.60 Å². The summed E-state index contributed by atoms with van der Waals surface area (Å²) in [7, 11) is 0. The van der Waals surface area contributed by atoms with Gasteiger partial charge in [-0.25, -0.2) is 0 Å². The van der Waals surface area contributed by atoms with Crippen molar-refractivity contribution in [3.63, 3.8) is 0 Å². The maximum Gasteiger partial charge on any atom is 0.0700 e. The maximum absolute atomic E-state index is 11.9. The number of aliphatic hydroxyl groups is 2. The molecule has 9 atom stereocenters. The van der Waals surface area contributed by atoms with Crippen LogP contribution in [-0.4, -0.2) is 34.1 Å². The molecule has 0 amide bonds. The van der Waals surface area contributed by atoms with Gasteiger partial charge < -0.3 is 14.9 Å². The first-order valence-electron chi connectivity index (χ1n) is 14.7. The Morgan fingerprint density at radius 1 is 0.912 bits per heavy atom. The molecule has 0 aliphatic heterocycles. The van der Waals surface area contributed by atoms with E-state index in [1.807, 2.05) is 0 Å². The van der Waals surface area contributed by atoms with Crippen LogP contribution < -0.4 is 0 Å². The Morgan fingerprint density at radius 3 is 2.15 bits per heavy atom. The summed E-state index contributed by atoms with van der Waals surface area (Å²) in [6.45, 7) is 20.7. The lowest BCUT2D eigenvalue weighted by Gasteiger charge is -2.60. The third kappa shape index (κ3) is 5.57. The van der Waals surface area contributed by atoms with Crippen molar-refractivity contribution >= 4 is 0 Å². The molecule has 3 heteroatoms. The molecular weight excluding hydrogens is 420 g/mol. The first-order chi connectivity index (χ1) is 15.6. The van der Waals surface area contributed by atoms with Gasteiger partial charge in [0.15, 0.2) is 0 Å². The lowest BCUT2D eigenvalue weighted by molar-refractivity contribution is -0.203. The second-order valence-corrected chi connectivity index (χ2v) is 14.9. The Labute approximate surface area is 211 Å². The van der Waals surface area contributed by atoms with E-state index in [0.717, 1.165) is 37.0 Å². The minimum absolute atomic E-state index is 0.118. The summed E-state index contributed by atoms with van der Waals surface area (Å²) < 4.78 is 6.31. The Kier molecular flexibility index (Phi) is 8.64. The molecule has 2 N–H and O–H groups in total. The van der Waals surface area contributed by atoms with Crippen LogP contribution in [0.5, 0.6) is 0 Å². The second-order valence-electron chi connectivity index (χ2n) is 14.9. The molecule has 0 spiro atoms. The van der Waals surface area contributed by atoms with Crippen LogP contribution in [0.3, 0.4) is 0 Å². The zero-order valence-corrected chi connectivity index (χ0v) is 24.1. The number of aliphatic hydroxyl groups excluding tert-OH is 1. The molecule has 0 saturated heterocycles. The van der Waals surface area contributed by atoms with Crippen molar-refractivity contribution in [2.75, 3.05) is 6.61 Å². The van der Waals surface area contributed by atoms with E-state index in [1.54, 1.807) is 0 Å². The quantitative estimate of drug-likeness (QED) is 0.377. The molecule has 3 saturated carbocycles. The average Bonchev–Trinajstić information content (AvgIpc) is 3.05. The summed E-state index contributed by atoms with van der Waals surface area (Å²) in [6.07, 6.45) is 11.8. The molecule has 3 aliphatic rings. The minimum atomic E-state index is -0.769. The van der Waals surface area contributed by atoms with Gasteiger partial charge in [-0.3, -0.25) is 0 Å². The molecule has 3 nitrogen and oxygen atoms in total. The normalized spacial score (nSPS) is 44.3. The van der Waals surface area contributed by atoms with Crippen LogP contribution in [0.2, 0.25) is 0 Å². The van der Waals surface area contributed by atoms with Crippen molar-refractivity contribution in [2.45, 2.75) is 144 Å². The lowest BCUT2D eigenvalue weighted by atomic mass is 9.47. The van der Waals surface area contributed by atoms with E-state index in [2.05, 4.69) is 62.3 Å². The zero-order chi connectivity index (χ0) is 25.5. The third-order valence-electron chi connectivity index (χ3n) is 11.0. The van der Waals surface area contributed by atoms with Crippen LogP contribution in [0.1, 0.15) is 127 Å². The van der Waals surface area contributed by atoms with Gasteiger partial charge in [0.2, 0.25) is 0 Å². The van der Waals surface area contributed by atoms with Gasteiger partial charge >= 0.3 is 0 Å². The second kappa shape index (κ2) is 10.3. The summed E-state index contributed by atoms with van der Waals surface area (Å²) in [6, 6.07) is 0. The molecule has 0 aromatic carbocycles. The molecule has 0 heterocycles. The Morgan fingerprint density at radius 2 is 1.59 bits per heavy atom. The maximum atomic E-state index is 11.9. The predicted octanol–water partition coefficient (Wildman–Crippen LogP) is 7.62. The lowest BCUT2D eigenvalue weighted by Crippen LogP contribution is -2.59. The van der Waals surface area contributed by atoms with E-state index in [4.69, 9.17) is 4.74 Å². The predicted molar refractivity (Wildman–Crippen MR) is 143 cm³/mol. The Bertz CT molecular complexity index is 664. The van der Waals surface area contributed by atoms with Gasteiger partial charge in [-0.1, -0.05) is 53.9 Å². The fraction of sp³-hybridized carbons (Fsp3) is 1.00. The van der Waals surface area contributed by atoms with Gasteiger partial charge in [0.05, 0.1) is 17.3 Å². The smallest absolute Gasteiger partial charge is 0.0700 e. The third-order valence-corrected chi connectivity index (χ3v) is 11.0. The largest absolute Gasteiger partial charge is 0.396 e.